The van der Waals surface area contributed by atoms with Crippen LogP contribution in [-0.2, 0) is 33.5 Å². The van der Waals surface area contributed by atoms with Crippen LogP contribution in [0.1, 0.15) is 191 Å². The molecule has 1 nitrogen and oxygen atoms in total. The van der Waals surface area contributed by atoms with Gasteiger partial charge in [0.15, 0.2) is 0 Å². The highest BCUT2D eigenvalue weighted by molar-refractivity contribution is 6.94. The molecule has 0 bridgehead atoms. The minimum atomic E-state index is -0.364. The van der Waals surface area contributed by atoms with Gasteiger partial charge in [0.25, 0.3) is 0 Å². The van der Waals surface area contributed by atoms with Gasteiger partial charge in [0.1, 0.15) is 0 Å². The zero-order valence-electron chi connectivity index (χ0n) is 51.8. The van der Waals surface area contributed by atoms with Crippen LogP contribution in [0.15, 0.2) is 174 Å². The number of hydrogen-bond acceptors (Lipinski definition) is 1. The lowest BCUT2D eigenvalue weighted by molar-refractivity contribution is 0.588. The first-order valence-corrected chi connectivity index (χ1v) is 30.0. The molecule has 0 saturated heterocycles. The summed E-state index contributed by atoms with van der Waals surface area (Å²) in [7, 11) is 0. The Hall–Kier alpha value is -6.64. The lowest BCUT2D eigenvalue weighted by Crippen LogP contribution is -2.54. The summed E-state index contributed by atoms with van der Waals surface area (Å²) in [6.07, 6.45) is 12.6. The minimum Gasteiger partial charge on any atom is -0.311 e. The minimum absolute atomic E-state index is 0.0204. The molecule has 3 atom stereocenters. The summed E-state index contributed by atoms with van der Waals surface area (Å²) in [6.45, 7) is 42.6. The molecule has 2 unspecified atom stereocenters. The second kappa shape index (κ2) is 19.8. The number of fused-ring (bicyclic) bond motifs is 4. The fraction of sp³-hybridized carbons (Fsp3) is 0.359. The van der Waals surface area contributed by atoms with E-state index in [1.165, 1.54) is 128 Å². The molecule has 0 amide bonds. The van der Waals surface area contributed by atoms with Crippen molar-refractivity contribution in [3.8, 4) is 22.3 Å². The van der Waals surface area contributed by atoms with Crippen molar-refractivity contribution < 1.29 is 0 Å². The molecule has 0 radical (unpaired) electrons. The fourth-order valence-corrected chi connectivity index (χ4v) is 14.2. The summed E-state index contributed by atoms with van der Waals surface area (Å²) in [5.74, 6) is 0.522. The van der Waals surface area contributed by atoms with Crippen LogP contribution in [0.25, 0.3) is 27.8 Å². The molecule has 2 aliphatic carbocycles. The highest BCUT2D eigenvalue weighted by Crippen LogP contribution is 2.53. The first kappa shape index (κ1) is 55.3. The Morgan fingerprint density at radius 1 is 0.512 bits per heavy atom. The first-order valence-electron chi connectivity index (χ1n) is 30.0. The van der Waals surface area contributed by atoms with Gasteiger partial charge >= 0.3 is 0 Å². The maximum atomic E-state index is 2.74. The van der Waals surface area contributed by atoms with Gasteiger partial charge in [0.2, 0.25) is 6.71 Å². The van der Waals surface area contributed by atoms with E-state index in [9.17, 15) is 0 Å². The molecule has 11 rings (SSSR count). The van der Waals surface area contributed by atoms with Crippen LogP contribution in [0.2, 0.25) is 0 Å². The van der Waals surface area contributed by atoms with Gasteiger partial charge in [0, 0.05) is 28.4 Å². The molecule has 2 heterocycles. The van der Waals surface area contributed by atoms with Crippen molar-refractivity contribution >= 4 is 40.3 Å². The highest BCUT2D eigenvalue weighted by atomic mass is 15.2. The van der Waals surface area contributed by atoms with Crippen molar-refractivity contribution in [3.05, 3.63) is 236 Å². The molecule has 2 aliphatic heterocycles. The SMILES string of the molecule is CC1=CC(C)=C(B2c3cc(C(C)(C)C)ccc3N3c4ccc(C(C)(C)C)cc4C(c4ccc(C)cc4C)Cc4cc([C@]5(C)CC=CC=C5c5cc(-c6ccc(C(C)(C)C)cc6)cc(-c6ccc(C(C)(C)C)cc6)c5)cc2c43)C(C)C1. The molecule has 80 heavy (non-hydrogen) atoms. The number of hydrogen-bond donors (Lipinski definition) is 0. The van der Waals surface area contributed by atoms with E-state index in [0.29, 0.717) is 5.92 Å². The standard InChI is InChI=1S/C78H88BN/c1-48-22-33-64(50(3)37-48)65-44-58-43-63(78(18)36-20-19-21-67(78)57-41-55(53-23-27-59(28-24-53)74(6,7)8)40-56(42-57)54-25-29-60(30-26-54)75(9,10)11)47-69-73(58)80(70-34-31-61(45-66(65)70)76(12,13)14)71-35-32-62(77(15,16)17)46-68(71)79(69)72-51(4)38-49(2)39-52(72)5/h19-35,37-38,40-43,45-47,52,65H,36,39,44H2,1-18H3/t52?,65?,78-/m0/s1. The Morgan fingerprint density at radius 3 is 1.62 bits per heavy atom. The summed E-state index contributed by atoms with van der Waals surface area (Å²) in [5, 5.41) is 0. The van der Waals surface area contributed by atoms with Crippen molar-refractivity contribution in [1.82, 2.24) is 0 Å². The number of anilines is 3. The molecule has 0 spiro atoms. The van der Waals surface area contributed by atoms with E-state index in [1.54, 1.807) is 5.47 Å². The van der Waals surface area contributed by atoms with Crippen molar-refractivity contribution in [2.75, 3.05) is 4.90 Å². The van der Waals surface area contributed by atoms with Crippen LogP contribution < -0.4 is 15.8 Å². The first-order chi connectivity index (χ1) is 37.6. The van der Waals surface area contributed by atoms with Gasteiger partial charge in [-0.2, -0.15) is 0 Å². The lowest BCUT2D eigenvalue weighted by atomic mass is 9.31. The quantitative estimate of drug-likeness (QED) is 0.150. The van der Waals surface area contributed by atoms with Crippen molar-refractivity contribution in [2.24, 2.45) is 5.92 Å². The predicted molar refractivity (Wildman–Crippen MR) is 349 cm³/mol. The Bertz CT molecular complexity index is 3650. The van der Waals surface area contributed by atoms with E-state index in [2.05, 4.69) is 287 Å². The van der Waals surface area contributed by atoms with Gasteiger partial charge < -0.3 is 4.90 Å². The average Bonchev–Trinajstić information content (AvgIpc) is 3.53. The second-order valence-electron chi connectivity index (χ2n) is 29.2. The summed E-state index contributed by atoms with van der Waals surface area (Å²) in [5.41, 5.74) is 32.5. The smallest absolute Gasteiger partial charge is 0.243 e. The van der Waals surface area contributed by atoms with Crippen molar-refractivity contribution in [3.63, 3.8) is 0 Å². The van der Waals surface area contributed by atoms with E-state index < -0.39 is 0 Å². The van der Waals surface area contributed by atoms with Crippen molar-refractivity contribution in [2.45, 2.75) is 177 Å². The monoisotopic (exact) mass is 1050 g/mol. The molecular formula is C78H88BN. The molecule has 0 N–H and O–H groups in total. The second-order valence-corrected chi connectivity index (χ2v) is 29.2. The summed E-state index contributed by atoms with van der Waals surface area (Å²) < 4.78 is 0. The van der Waals surface area contributed by atoms with E-state index in [-0.39, 0.29) is 39.7 Å². The topological polar surface area (TPSA) is 3.24 Å². The van der Waals surface area contributed by atoms with Crippen LogP contribution in [0.3, 0.4) is 0 Å². The van der Waals surface area contributed by atoms with Crippen LogP contribution in [0, 0.1) is 19.8 Å². The summed E-state index contributed by atoms with van der Waals surface area (Å²) in [6, 6.07) is 53.9. The fourth-order valence-electron chi connectivity index (χ4n) is 14.2. The molecule has 7 aromatic carbocycles. The Labute approximate surface area is 483 Å². The summed E-state index contributed by atoms with van der Waals surface area (Å²) >= 11 is 0. The van der Waals surface area contributed by atoms with Crippen LogP contribution in [0.5, 0.6) is 0 Å². The van der Waals surface area contributed by atoms with E-state index in [4.69, 9.17) is 0 Å². The van der Waals surface area contributed by atoms with E-state index in [1.807, 2.05) is 0 Å². The molecular weight excluding hydrogens is 962 g/mol. The Balaban J connectivity index is 1.20. The lowest BCUT2D eigenvalue weighted by Gasteiger charge is -2.43. The normalized spacial score (nSPS) is 19.3. The third kappa shape index (κ3) is 9.96. The maximum Gasteiger partial charge on any atom is 0.243 e. The third-order valence-corrected chi connectivity index (χ3v) is 18.9. The Morgan fingerprint density at radius 2 is 1.06 bits per heavy atom. The molecule has 7 aromatic rings. The van der Waals surface area contributed by atoms with E-state index >= 15 is 0 Å². The Kier molecular flexibility index (Phi) is 13.7. The molecule has 0 fully saturated rings. The number of nitrogens with zero attached hydrogens (tertiary/aromatic N) is 1. The highest BCUT2D eigenvalue weighted by Gasteiger charge is 2.45. The number of rotatable bonds is 6. The van der Waals surface area contributed by atoms with E-state index in [0.717, 1.165) is 19.3 Å². The van der Waals surface area contributed by atoms with Gasteiger partial charge in [-0.15, -0.1) is 0 Å². The van der Waals surface area contributed by atoms with Gasteiger partial charge in [0.05, 0.1) is 0 Å². The zero-order chi connectivity index (χ0) is 57.2. The van der Waals surface area contributed by atoms with Gasteiger partial charge in [-0.1, -0.05) is 247 Å². The molecule has 4 aliphatic rings. The summed E-state index contributed by atoms with van der Waals surface area (Å²) in [4.78, 5) is 2.74. The predicted octanol–water partition coefficient (Wildman–Crippen LogP) is 20.1. The molecule has 0 aromatic heterocycles. The van der Waals surface area contributed by atoms with Crippen LogP contribution in [0.4, 0.5) is 17.1 Å². The largest absolute Gasteiger partial charge is 0.311 e. The van der Waals surface area contributed by atoms with Crippen LogP contribution in [-0.4, -0.2) is 6.71 Å². The van der Waals surface area contributed by atoms with Crippen LogP contribution >= 0.6 is 0 Å². The van der Waals surface area contributed by atoms with Gasteiger partial charge in [-0.3, -0.25) is 0 Å². The maximum absolute atomic E-state index is 2.74. The number of allylic oxidation sites excluding steroid dienone is 8. The molecule has 408 valence electrons. The third-order valence-electron chi connectivity index (χ3n) is 18.9. The number of aryl methyl sites for hydroxylation is 2. The zero-order valence-corrected chi connectivity index (χ0v) is 51.8. The molecule has 2 heteroatoms. The van der Waals surface area contributed by atoms with Crippen molar-refractivity contribution in [1.29, 1.82) is 0 Å². The average molecular weight is 1050 g/mol. The molecule has 0 saturated carbocycles. The number of benzene rings is 7. The van der Waals surface area contributed by atoms with Gasteiger partial charge in [-0.05, 0) is 199 Å². The van der Waals surface area contributed by atoms with Gasteiger partial charge in [-0.25, -0.2) is 0 Å².